The molecule has 0 spiro atoms. The highest BCUT2D eigenvalue weighted by molar-refractivity contribution is 8.13. The zero-order valence-electron chi connectivity index (χ0n) is 11.1. The van der Waals surface area contributed by atoms with Gasteiger partial charge in [-0.2, -0.15) is 0 Å². The van der Waals surface area contributed by atoms with Crippen LogP contribution < -0.4 is 0 Å². The van der Waals surface area contributed by atoms with Crippen LogP contribution >= 0.6 is 10.7 Å². The molecular formula is C15H15ClO2S. The summed E-state index contributed by atoms with van der Waals surface area (Å²) >= 11 is 0. The van der Waals surface area contributed by atoms with Crippen molar-refractivity contribution in [3.63, 3.8) is 0 Å². The summed E-state index contributed by atoms with van der Waals surface area (Å²) in [6.45, 7) is 5.98. The van der Waals surface area contributed by atoms with Crippen LogP contribution in [0.4, 0.5) is 0 Å². The van der Waals surface area contributed by atoms with E-state index in [-0.39, 0.29) is 4.90 Å². The maximum absolute atomic E-state index is 11.7. The third kappa shape index (κ3) is 2.82. The summed E-state index contributed by atoms with van der Waals surface area (Å²) in [6.07, 6.45) is 0. The van der Waals surface area contributed by atoms with E-state index in [4.69, 9.17) is 10.7 Å². The smallest absolute Gasteiger partial charge is 0.207 e. The van der Waals surface area contributed by atoms with Crippen LogP contribution in [0.1, 0.15) is 16.7 Å². The lowest BCUT2D eigenvalue weighted by Crippen LogP contribution is -1.97. The van der Waals surface area contributed by atoms with Crippen molar-refractivity contribution in [1.82, 2.24) is 0 Å². The molecule has 0 aliphatic rings. The maximum atomic E-state index is 11.7. The summed E-state index contributed by atoms with van der Waals surface area (Å²) in [5.41, 5.74) is 4.85. The molecule has 0 saturated heterocycles. The van der Waals surface area contributed by atoms with E-state index in [1.807, 2.05) is 39.0 Å². The molecule has 0 unspecified atom stereocenters. The van der Waals surface area contributed by atoms with Gasteiger partial charge in [-0.25, -0.2) is 8.42 Å². The van der Waals surface area contributed by atoms with Crippen molar-refractivity contribution in [1.29, 1.82) is 0 Å². The first-order chi connectivity index (χ1) is 8.80. The summed E-state index contributed by atoms with van der Waals surface area (Å²) in [6, 6.07) is 10.9. The van der Waals surface area contributed by atoms with E-state index < -0.39 is 9.05 Å². The third-order valence-electron chi connectivity index (χ3n) is 3.10. The summed E-state index contributed by atoms with van der Waals surface area (Å²) < 4.78 is 23.4. The average Bonchev–Trinajstić information content (AvgIpc) is 2.26. The zero-order valence-corrected chi connectivity index (χ0v) is 12.6. The minimum absolute atomic E-state index is 0.159. The van der Waals surface area contributed by atoms with Gasteiger partial charge in [0.25, 0.3) is 9.05 Å². The predicted molar refractivity (Wildman–Crippen MR) is 79.1 cm³/mol. The first-order valence-corrected chi connectivity index (χ1v) is 8.23. The Kier molecular flexibility index (Phi) is 3.70. The van der Waals surface area contributed by atoms with Crippen molar-refractivity contribution in [2.24, 2.45) is 0 Å². The number of hydrogen-bond donors (Lipinski definition) is 0. The monoisotopic (exact) mass is 294 g/mol. The van der Waals surface area contributed by atoms with E-state index in [0.717, 1.165) is 22.3 Å². The minimum Gasteiger partial charge on any atom is -0.207 e. The molecule has 19 heavy (non-hydrogen) atoms. The van der Waals surface area contributed by atoms with Gasteiger partial charge < -0.3 is 0 Å². The van der Waals surface area contributed by atoms with Crippen molar-refractivity contribution in [2.45, 2.75) is 25.7 Å². The van der Waals surface area contributed by atoms with Gasteiger partial charge in [-0.3, -0.25) is 0 Å². The van der Waals surface area contributed by atoms with Crippen LogP contribution in [0, 0.1) is 20.8 Å². The molecule has 0 aromatic heterocycles. The molecule has 0 aliphatic carbocycles. The van der Waals surface area contributed by atoms with Gasteiger partial charge in [-0.1, -0.05) is 35.9 Å². The average molecular weight is 295 g/mol. The molecular weight excluding hydrogens is 280 g/mol. The minimum atomic E-state index is -3.75. The molecule has 0 bridgehead atoms. The van der Waals surface area contributed by atoms with Gasteiger partial charge in [0.15, 0.2) is 0 Å². The second kappa shape index (κ2) is 4.99. The van der Waals surface area contributed by atoms with Crippen molar-refractivity contribution >= 4 is 19.7 Å². The summed E-state index contributed by atoms with van der Waals surface area (Å²) in [5.74, 6) is 0. The molecule has 4 heteroatoms. The predicted octanol–water partition coefficient (Wildman–Crippen LogP) is 4.21. The normalized spacial score (nSPS) is 11.6. The molecule has 2 aromatic rings. The highest BCUT2D eigenvalue weighted by Gasteiger charge is 2.18. The molecule has 0 atom stereocenters. The van der Waals surface area contributed by atoms with Gasteiger partial charge in [-0.05, 0) is 43.5 Å². The topological polar surface area (TPSA) is 34.1 Å². The fourth-order valence-corrected chi connectivity index (χ4v) is 3.57. The summed E-state index contributed by atoms with van der Waals surface area (Å²) in [5, 5.41) is 0. The first-order valence-electron chi connectivity index (χ1n) is 5.92. The Labute approximate surface area is 118 Å². The number of hydrogen-bond acceptors (Lipinski definition) is 2. The Morgan fingerprint density at radius 3 is 2.00 bits per heavy atom. The number of aryl methyl sites for hydroxylation is 3. The van der Waals surface area contributed by atoms with Crippen molar-refractivity contribution in [2.75, 3.05) is 0 Å². The Hall–Kier alpha value is -1.32. The van der Waals surface area contributed by atoms with Gasteiger partial charge in [-0.15, -0.1) is 0 Å². The van der Waals surface area contributed by atoms with Gasteiger partial charge in [0, 0.05) is 16.2 Å². The fourth-order valence-electron chi connectivity index (χ4n) is 2.49. The zero-order chi connectivity index (χ0) is 14.2. The van der Waals surface area contributed by atoms with E-state index in [9.17, 15) is 8.42 Å². The van der Waals surface area contributed by atoms with Gasteiger partial charge in [0.05, 0.1) is 4.90 Å². The van der Waals surface area contributed by atoms with Crippen molar-refractivity contribution in [3.05, 3.63) is 53.1 Å². The van der Waals surface area contributed by atoms with Gasteiger partial charge >= 0.3 is 0 Å². The molecule has 0 fully saturated rings. The van der Waals surface area contributed by atoms with E-state index in [2.05, 4.69) is 0 Å². The summed E-state index contributed by atoms with van der Waals surface area (Å²) in [4.78, 5) is 0.159. The fraction of sp³-hybridized carbons (Fsp3) is 0.200. The van der Waals surface area contributed by atoms with Gasteiger partial charge in [0.1, 0.15) is 0 Å². The van der Waals surface area contributed by atoms with Crippen molar-refractivity contribution in [3.8, 4) is 11.1 Å². The lowest BCUT2D eigenvalue weighted by Gasteiger charge is -2.14. The Balaban J connectivity index is 2.81. The highest BCUT2D eigenvalue weighted by Crippen LogP contribution is 2.34. The van der Waals surface area contributed by atoms with E-state index >= 15 is 0 Å². The Morgan fingerprint density at radius 2 is 1.47 bits per heavy atom. The van der Waals surface area contributed by atoms with Crippen LogP contribution in [0.2, 0.25) is 0 Å². The molecule has 2 aromatic carbocycles. The van der Waals surface area contributed by atoms with Crippen LogP contribution in [-0.2, 0) is 9.05 Å². The molecule has 100 valence electrons. The molecule has 0 saturated carbocycles. The SMILES string of the molecule is Cc1cc(C)c(-c2ccccc2S(=O)(=O)Cl)c(C)c1. The Bertz CT molecular complexity index is 711. The third-order valence-corrected chi connectivity index (χ3v) is 4.48. The highest BCUT2D eigenvalue weighted by atomic mass is 35.7. The summed E-state index contributed by atoms with van der Waals surface area (Å²) in [7, 11) is 1.77. The standard InChI is InChI=1S/C15H15ClO2S/c1-10-8-11(2)15(12(3)9-10)13-6-4-5-7-14(13)19(16,17)18/h4-9H,1-3H3. The molecule has 0 N–H and O–H groups in total. The molecule has 0 aliphatic heterocycles. The second-order valence-corrected chi connectivity index (χ2v) is 7.24. The van der Waals surface area contributed by atoms with Crippen LogP contribution in [0.15, 0.2) is 41.3 Å². The van der Waals surface area contributed by atoms with E-state index in [0.29, 0.717) is 5.56 Å². The van der Waals surface area contributed by atoms with E-state index in [1.54, 1.807) is 12.1 Å². The van der Waals surface area contributed by atoms with Crippen molar-refractivity contribution < 1.29 is 8.42 Å². The molecule has 0 radical (unpaired) electrons. The molecule has 2 nitrogen and oxygen atoms in total. The van der Waals surface area contributed by atoms with E-state index in [1.165, 1.54) is 6.07 Å². The van der Waals surface area contributed by atoms with Gasteiger partial charge in [0.2, 0.25) is 0 Å². The lowest BCUT2D eigenvalue weighted by molar-refractivity contribution is 0.610. The second-order valence-electron chi connectivity index (χ2n) is 4.71. The number of rotatable bonds is 2. The molecule has 0 amide bonds. The molecule has 2 rings (SSSR count). The quantitative estimate of drug-likeness (QED) is 0.778. The van der Waals surface area contributed by atoms with Crippen LogP contribution in [-0.4, -0.2) is 8.42 Å². The Morgan fingerprint density at radius 1 is 0.947 bits per heavy atom. The lowest BCUT2D eigenvalue weighted by atomic mass is 9.94. The number of halogens is 1. The van der Waals surface area contributed by atoms with Crippen LogP contribution in [0.25, 0.3) is 11.1 Å². The molecule has 0 heterocycles. The number of benzene rings is 2. The van der Waals surface area contributed by atoms with Crippen LogP contribution in [0.5, 0.6) is 0 Å². The largest absolute Gasteiger partial charge is 0.261 e. The van der Waals surface area contributed by atoms with Crippen LogP contribution in [0.3, 0.4) is 0 Å². The first kappa shape index (κ1) is 14.1. The maximum Gasteiger partial charge on any atom is 0.261 e.